The third kappa shape index (κ3) is 4.83. The first kappa shape index (κ1) is 12.0. The third-order valence-electron chi connectivity index (χ3n) is 1.48. The first-order chi connectivity index (χ1) is 5.61. The van der Waals surface area contributed by atoms with Gasteiger partial charge in [0.2, 0.25) is 5.91 Å². The summed E-state index contributed by atoms with van der Waals surface area (Å²) < 4.78 is 0. The van der Waals surface area contributed by atoms with Gasteiger partial charge in [-0.05, 0) is 6.92 Å². The molecular weight excluding hydrogens is 197 g/mol. The molecule has 1 atom stereocenters. The fourth-order valence-electron chi connectivity index (χ4n) is 0.947. The molecule has 0 rings (SSSR count). The Labute approximate surface area is 83.8 Å². The van der Waals surface area contributed by atoms with E-state index in [0.29, 0.717) is 25.4 Å². The number of nitrogens with zero attached hydrogens (tertiary/aromatic N) is 1. The van der Waals surface area contributed by atoms with E-state index in [2.05, 4.69) is 0 Å². The molecule has 0 radical (unpaired) electrons. The van der Waals surface area contributed by atoms with Crippen LogP contribution in [0.4, 0.5) is 0 Å². The first-order valence-electron chi connectivity index (χ1n) is 4.09. The lowest BCUT2D eigenvalue weighted by Gasteiger charge is -2.22. The predicted molar refractivity (Wildman–Crippen MR) is 52.9 cm³/mol. The van der Waals surface area contributed by atoms with Crippen LogP contribution in [0.25, 0.3) is 0 Å². The highest BCUT2D eigenvalue weighted by Crippen LogP contribution is 2.01. The zero-order chi connectivity index (χ0) is 9.56. The lowest BCUT2D eigenvalue weighted by atomic mass is 10.3. The van der Waals surface area contributed by atoms with Crippen LogP contribution in [0.15, 0.2) is 0 Å². The Kier molecular flexibility index (Phi) is 6.58. The quantitative estimate of drug-likeness (QED) is 0.639. The molecule has 0 N–H and O–H groups in total. The van der Waals surface area contributed by atoms with Crippen molar-refractivity contribution in [1.29, 1.82) is 0 Å². The number of carbonyl (C=O) groups excluding carboxylic acids is 1. The van der Waals surface area contributed by atoms with Gasteiger partial charge in [0.15, 0.2) is 0 Å². The van der Waals surface area contributed by atoms with Gasteiger partial charge in [0, 0.05) is 30.8 Å². The summed E-state index contributed by atoms with van der Waals surface area (Å²) in [6, 6.07) is 0. The molecule has 1 amide bonds. The van der Waals surface area contributed by atoms with Crippen LogP contribution in [0.1, 0.15) is 20.3 Å². The molecule has 72 valence electrons. The molecule has 4 heteroatoms. The zero-order valence-electron chi connectivity index (χ0n) is 7.52. The Morgan fingerprint density at radius 3 is 2.50 bits per heavy atom. The van der Waals surface area contributed by atoms with Gasteiger partial charge in [-0.2, -0.15) is 0 Å². The average Bonchev–Trinajstić information content (AvgIpc) is 2.01. The highest BCUT2D eigenvalue weighted by atomic mass is 35.5. The summed E-state index contributed by atoms with van der Waals surface area (Å²) in [4.78, 5) is 12.9. The summed E-state index contributed by atoms with van der Waals surface area (Å²) in [5.74, 6) is 0.582. The van der Waals surface area contributed by atoms with Crippen LogP contribution in [0.5, 0.6) is 0 Å². The lowest BCUT2D eigenvalue weighted by Crippen LogP contribution is -2.36. The Morgan fingerprint density at radius 2 is 2.17 bits per heavy atom. The number of halogens is 2. The van der Waals surface area contributed by atoms with E-state index >= 15 is 0 Å². The van der Waals surface area contributed by atoms with Crippen LogP contribution in [0, 0.1) is 0 Å². The molecule has 0 saturated carbocycles. The SMILES string of the molecule is CCC(=O)N(CCCl)CC(C)Cl. The Bertz CT molecular complexity index is 139. The summed E-state index contributed by atoms with van der Waals surface area (Å²) in [6.45, 7) is 4.88. The standard InChI is InChI=1S/C8H15Cl2NO/c1-3-8(12)11(5-4-9)6-7(2)10/h7H,3-6H2,1-2H3. The summed E-state index contributed by atoms with van der Waals surface area (Å²) in [6.07, 6.45) is 0.514. The Hall–Kier alpha value is 0.0500. The molecule has 12 heavy (non-hydrogen) atoms. The lowest BCUT2D eigenvalue weighted by molar-refractivity contribution is -0.130. The molecule has 0 saturated heterocycles. The van der Waals surface area contributed by atoms with E-state index in [-0.39, 0.29) is 11.3 Å². The van der Waals surface area contributed by atoms with Gasteiger partial charge in [0.05, 0.1) is 0 Å². The first-order valence-corrected chi connectivity index (χ1v) is 5.06. The molecule has 0 heterocycles. The second-order valence-electron chi connectivity index (χ2n) is 2.66. The van der Waals surface area contributed by atoms with Crippen LogP contribution >= 0.6 is 23.2 Å². The van der Waals surface area contributed by atoms with Crippen molar-refractivity contribution in [2.45, 2.75) is 25.6 Å². The molecule has 0 fully saturated rings. The van der Waals surface area contributed by atoms with Crippen LogP contribution < -0.4 is 0 Å². The fourth-order valence-corrected chi connectivity index (χ4v) is 1.32. The van der Waals surface area contributed by atoms with Crippen molar-refractivity contribution >= 4 is 29.1 Å². The number of carbonyl (C=O) groups is 1. The topological polar surface area (TPSA) is 20.3 Å². The van der Waals surface area contributed by atoms with Crippen molar-refractivity contribution in [3.63, 3.8) is 0 Å². The zero-order valence-corrected chi connectivity index (χ0v) is 9.03. The Morgan fingerprint density at radius 1 is 1.58 bits per heavy atom. The van der Waals surface area contributed by atoms with E-state index in [1.807, 2.05) is 13.8 Å². The molecule has 0 aromatic rings. The monoisotopic (exact) mass is 211 g/mol. The van der Waals surface area contributed by atoms with Crippen molar-refractivity contribution in [2.24, 2.45) is 0 Å². The summed E-state index contributed by atoms with van der Waals surface area (Å²) in [5, 5.41) is -0.0104. The van der Waals surface area contributed by atoms with Crippen molar-refractivity contribution in [3.8, 4) is 0 Å². The molecule has 0 bridgehead atoms. The number of alkyl halides is 2. The van der Waals surface area contributed by atoms with Gasteiger partial charge in [-0.1, -0.05) is 6.92 Å². The van der Waals surface area contributed by atoms with Crippen LogP contribution in [-0.4, -0.2) is 35.2 Å². The summed E-state index contributed by atoms with van der Waals surface area (Å²) in [7, 11) is 0. The minimum absolute atomic E-state index is 0.0104. The molecule has 1 unspecified atom stereocenters. The van der Waals surface area contributed by atoms with Crippen molar-refractivity contribution in [2.75, 3.05) is 19.0 Å². The van der Waals surface area contributed by atoms with E-state index in [4.69, 9.17) is 23.2 Å². The van der Waals surface area contributed by atoms with Gasteiger partial charge in [-0.3, -0.25) is 4.79 Å². The Balaban J connectivity index is 3.94. The van der Waals surface area contributed by atoms with Gasteiger partial charge < -0.3 is 4.90 Å². The maximum absolute atomic E-state index is 11.2. The minimum atomic E-state index is -0.0104. The van der Waals surface area contributed by atoms with E-state index in [0.717, 1.165) is 0 Å². The molecule has 0 aromatic heterocycles. The molecule has 0 aliphatic carbocycles. The molecule has 0 aliphatic heterocycles. The molecular formula is C8H15Cl2NO. The van der Waals surface area contributed by atoms with Crippen LogP contribution in [0.2, 0.25) is 0 Å². The summed E-state index contributed by atoms with van der Waals surface area (Å²) in [5.41, 5.74) is 0. The van der Waals surface area contributed by atoms with Gasteiger partial charge in [0.25, 0.3) is 0 Å². The van der Waals surface area contributed by atoms with Crippen molar-refractivity contribution in [1.82, 2.24) is 4.90 Å². The third-order valence-corrected chi connectivity index (χ3v) is 1.79. The van der Waals surface area contributed by atoms with Gasteiger partial charge in [0.1, 0.15) is 0 Å². The van der Waals surface area contributed by atoms with Gasteiger partial charge in [-0.25, -0.2) is 0 Å². The second kappa shape index (κ2) is 6.55. The van der Waals surface area contributed by atoms with E-state index in [9.17, 15) is 4.79 Å². The van der Waals surface area contributed by atoms with E-state index in [1.165, 1.54) is 0 Å². The number of hydrogen-bond acceptors (Lipinski definition) is 1. The number of hydrogen-bond donors (Lipinski definition) is 0. The van der Waals surface area contributed by atoms with Gasteiger partial charge in [-0.15, -0.1) is 23.2 Å². The number of amides is 1. The maximum Gasteiger partial charge on any atom is 0.222 e. The molecule has 0 spiro atoms. The largest absolute Gasteiger partial charge is 0.340 e. The van der Waals surface area contributed by atoms with E-state index < -0.39 is 0 Å². The molecule has 2 nitrogen and oxygen atoms in total. The highest BCUT2D eigenvalue weighted by Gasteiger charge is 2.12. The average molecular weight is 212 g/mol. The second-order valence-corrected chi connectivity index (χ2v) is 3.79. The van der Waals surface area contributed by atoms with Crippen molar-refractivity contribution < 1.29 is 4.79 Å². The normalized spacial score (nSPS) is 12.7. The fraction of sp³-hybridized carbons (Fsp3) is 0.875. The smallest absolute Gasteiger partial charge is 0.222 e. The molecule has 0 aliphatic rings. The van der Waals surface area contributed by atoms with E-state index in [1.54, 1.807) is 4.90 Å². The molecule has 0 aromatic carbocycles. The van der Waals surface area contributed by atoms with Crippen LogP contribution in [-0.2, 0) is 4.79 Å². The number of rotatable bonds is 5. The van der Waals surface area contributed by atoms with Crippen molar-refractivity contribution in [3.05, 3.63) is 0 Å². The van der Waals surface area contributed by atoms with Gasteiger partial charge >= 0.3 is 0 Å². The van der Waals surface area contributed by atoms with Crippen LogP contribution in [0.3, 0.4) is 0 Å². The maximum atomic E-state index is 11.2. The highest BCUT2D eigenvalue weighted by molar-refractivity contribution is 6.20. The predicted octanol–water partition coefficient (Wildman–Crippen LogP) is 2.09. The minimum Gasteiger partial charge on any atom is -0.340 e. The summed E-state index contributed by atoms with van der Waals surface area (Å²) >= 11 is 11.3.